The van der Waals surface area contributed by atoms with E-state index in [0.717, 1.165) is 29.2 Å². The molecule has 0 aliphatic heterocycles. The largest absolute Gasteiger partial charge is 0.472 e. The Morgan fingerprint density at radius 3 is 2.38 bits per heavy atom. The Hall–Kier alpha value is -3.03. The molecule has 2 aromatic carbocycles. The third kappa shape index (κ3) is 7.50. The summed E-state index contributed by atoms with van der Waals surface area (Å²) < 4.78 is 32.4. The quantitative estimate of drug-likeness (QED) is 0.382. The minimum Gasteiger partial charge on any atom is -0.472 e. The van der Waals surface area contributed by atoms with Gasteiger partial charge in [0.2, 0.25) is 5.91 Å². The topological polar surface area (TPSA) is 74.5 Å². The minimum atomic E-state index is -0.966. The van der Waals surface area contributed by atoms with Gasteiger partial charge < -0.3 is 20.2 Å². The number of carbonyl (C=O) groups excluding carboxylic acids is 1. The number of furan rings is 1. The van der Waals surface area contributed by atoms with Gasteiger partial charge >= 0.3 is 0 Å². The van der Waals surface area contributed by atoms with Gasteiger partial charge in [-0.05, 0) is 59.2 Å². The van der Waals surface area contributed by atoms with Crippen LogP contribution in [0.25, 0.3) is 11.1 Å². The summed E-state index contributed by atoms with van der Waals surface area (Å²) in [6, 6.07) is 10.8. The molecule has 1 aromatic heterocycles. The first-order chi connectivity index (χ1) is 16.2. The fourth-order valence-electron chi connectivity index (χ4n) is 4.12. The van der Waals surface area contributed by atoms with Gasteiger partial charge in [0.15, 0.2) is 0 Å². The summed E-state index contributed by atoms with van der Waals surface area (Å²) >= 11 is 0. The molecule has 0 fully saturated rings. The first-order valence-corrected chi connectivity index (χ1v) is 11.5. The first-order valence-electron chi connectivity index (χ1n) is 11.5. The predicted molar refractivity (Wildman–Crippen MR) is 128 cm³/mol. The molecule has 7 heteroatoms. The van der Waals surface area contributed by atoms with Crippen LogP contribution in [0.5, 0.6) is 0 Å². The van der Waals surface area contributed by atoms with Gasteiger partial charge in [-0.2, -0.15) is 0 Å². The number of hydrogen-bond donors (Lipinski definition) is 3. The van der Waals surface area contributed by atoms with Crippen LogP contribution in [0, 0.1) is 17.6 Å². The van der Waals surface area contributed by atoms with Crippen molar-refractivity contribution in [3.63, 3.8) is 0 Å². The molecular weight excluding hydrogens is 438 g/mol. The SMILES string of the molecule is CC(=O)NC(Cc1cc(F)cc(F)c1)C(O)CNCc1cc(CC(C)C)ccc1-c1ccoc1. The molecule has 0 bridgehead atoms. The number of halogens is 2. The van der Waals surface area contributed by atoms with Crippen molar-refractivity contribution in [2.24, 2.45) is 5.92 Å². The number of hydrogen-bond acceptors (Lipinski definition) is 4. The lowest BCUT2D eigenvalue weighted by Crippen LogP contribution is -2.48. The summed E-state index contributed by atoms with van der Waals surface area (Å²) in [5, 5.41) is 16.7. The molecule has 3 rings (SSSR count). The summed E-state index contributed by atoms with van der Waals surface area (Å²) in [6.45, 7) is 6.36. The van der Waals surface area contributed by atoms with Gasteiger partial charge in [-0.25, -0.2) is 8.78 Å². The average Bonchev–Trinajstić information content (AvgIpc) is 3.26. The number of aliphatic hydroxyl groups excluding tert-OH is 1. The summed E-state index contributed by atoms with van der Waals surface area (Å²) in [5.41, 5.74) is 4.66. The third-order valence-electron chi connectivity index (χ3n) is 5.55. The maximum Gasteiger partial charge on any atom is 0.217 e. The van der Waals surface area contributed by atoms with Gasteiger partial charge in [0.25, 0.3) is 0 Å². The van der Waals surface area contributed by atoms with Crippen LogP contribution in [0.2, 0.25) is 0 Å². The highest BCUT2D eigenvalue weighted by atomic mass is 19.1. The lowest BCUT2D eigenvalue weighted by molar-refractivity contribution is -0.120. The number of benzene rings is 2. The highest BCUT2D eigenvalue weighted by Crippen LogP contribution is 2.26. The third-order valence-corrected chi connectivity index (χ3v) is 5.55. The zero-order valence-corrected chi connectivity index (χ0v) is 19.8. The van der Waals surface area contributed by atoms with E-state index in [2.05, 4.69) is 42.7 Å². The van der Waals surface area contributed by atoms with Crippen molar-refractivity contribution in [2.75, 3.05) is 6.54 Å². The highest BCUT2D eigenvalue weighted by molar-refractivity contribution is 5.73. The number of rotatable bonds is 11. The molecule has 0 spiro atoms. The molecule has 2 atom stereocenters. The molecule has 5 nitrogen and oxygen atoms in total. The van der Waals surface area contributed by atoms with E-state index in [-0.39, 0.29) is 18.9 Å². The molecule has 0 aliphatic rings. The Morgan fingerprint density at radius 2 is 1.76 bits per heavy atom. The van der Waals surface area contributed by atoms with E-state index in [1.807, 2.05) is 6.07 Å². The lowest BCUT2D eigenvalue weighted by Gasteiger charge is -2.24. The molecule has 0 saturated heterocycles. The maximum absolute atomic E-state index is 13.6. The van der Waals surface area contributed by atoms with E-state index in [4.69, 9.17) is 4.42 Å². The van der Waals surface area contributed by atoms with Crippen LogP contribution < -0.4 is 10.6 Å². The molecular formula is C27H32F2N2O3. The number of aliphatic hydroxyl groups is 1. The summed E-state index contributed by atoms with van der Waals surface area (Å²) in [7, 11) is 0. The molecule has 1 amide bonds. The van der Waals surface area contributed by atoms with Gasteiger partial charge in [0.1, 0.15) is 11.6 Å². The molecule has 0 aliphatic carbocycles. The number of nitrogens with one attached hydrogen (secondary N) is 2. The van der Waals surface area contributed by atoms with E-state index in [0.29, 0.717) is 18.0 Å². The van der Waals surface area contributed by atoms with Crippen LogP contribution in [-0.2, 0) is 24.2 Å². The molecule has 0 saturated carbocycles. The van der Waals surface area contributed by atoms with Crippen molar-refractivity contribution < 1.29 is 23.1 Å². The Morgan fingerprint density at radius 1 is 1.03 bits per heavy atom. The van der Waals surface area contributed by atoms with E-state index in [9.17, 15) is 18.7 Å². The van der Waals surface area contributed by atoms with Gasteiger partial charge in [0.05, 0.1) is 24.7 Å². The molecule has 182 valence electrons. The normalized spacial score (nSPS) is 13.1. The number of amides is 1. The van der Waals surface area contributed by atoms with Crippen LogP contribution in [0.3, 0.4) is 0 Å². The van der Waals surface area contributed by atoms with Gasteiger partial charge in [0, 0.05) is 31.6 Å². The first kappa shape index (κ1) is 25.6. The Bertz CT molecular complexity index is 1060. The van der Waals surface area contributed by atoms with Crippen molar-refractivity contribution in [2.45, 2.75) is 52.3 Å². The van der Waals surface area contributed by atoms with Crippen LogP contribution in [-0.4, -0.2) is 29.7 Å². The fraction of sp³-hybridized carbons (Fsp3) is 0.370. The summed E-state index contributed by atoms with van der Waals surface area (Å²) in [5.74, 6) is -1.20. The van der Waals surface area contributed by atoms with Crippen molar-refractivity contribution in [1.29, 1.82) is 0 Å². The summed E-state index contributed by atoms with van der Waals surface area (Å²) in [6.07, 6.45) is 3.41. The van der Waals surface area contributed by atoms with Gasteiger partial charge in [-0.3, -0.25) is 4.79 Å². The zero-order valence-electron chi connectivity index (χ0n) is 19.8. The van der Waals surface area contributed by atoms with Gasteiger partial charge in [-0.1, -0.05) is 32.0 Å². The lowest BCUT2D eigenvalue weighted by atomic mass is 9.95. The Kier molecular flexibility index (Phi) is 8.96. The van der Waals surface area contributed by atoms with Gasteiger partial charge in [-0.15, -0.1) is 0 Å². The smallest absolute Gasteiger partial charge is 0.217 e. The fourth-order valence-corrected chi connectivity index (χ4v) is 4.12. The molecule has 2 unspecified atom stereocenters. The second-order valence-corrected chi connectivity index (χ2v) is 9.09. The average molecular weight is 471 g/mol. The van der Waals surface area contributed by atoms with E-state index >= 15 is 0 Å². The molecule has 3 aromatic rings. The second kappa shape index (κ2) is 11.9. The molecule has 3 N–H and O–H groups in total. The van der Waals surface area contributed by atoms with Crippen LogP contribution >= 0.6 is 0 Å². The maximum atomic E-state index is 13.6. The van der Waals surface area contributed by atoms with Crippen molar-refractivity contribution in [1.82, 2.24) is 10.6 Å². The second-order valence-electron chi connectivity index (χ2n) is 9.09. The van der Waals surface area contributed by atoms with E-state index in [1.54, 1.807) is 12.5 Å². The zero-order chi connectivity index (χ0) is 24.7. The van der Waals surface area contributed by atoms with Crippen molar-refractivity contribution in [3.05, 3.63) is 83.3 Å². The summed E-state index contributed by atoms with van der Waals surface area (Å²) in [4.78, 5) is 11.7. The molecule has 34 heavy (non-hydrogen) atoms. The molecule has 1 heterocycles. The standard InChI is InChI=1S/C27H32F2N2O3/c1-17(2)8-19-4-5-25(21-6-7-34-16-21)22(9-19)14-30-15-27(33)26(31-18(3)32)12-20-10-23(28)13-24(29)11-20/h4-7,9-11,13,16-17,26-27,30,33H,8,12,14-15H2,1-3H3,(H,31,32). The van der Waals surface area contributed by atoms with Crippen molar-refractivity contribution >= 4 is 5.91 Å². The predicted octanol–water partition coefficient (Wildman–Crippen LogP) is 4.62. The van der Waals surface area contributed by atoms with Crippen LogP contribution in [0.4, 0.5) is 8.78 Å². The van der Waals surface area contributed by atoms with E-state index in [1.165, 1.54) is 24.6 Å². The van der Waals surface area contributed by atoms with Crippen LogP contribution in [0.15, 0.2) is 59.4 Å². The van der Waals surface area contributed by atoms with E-state index < -0.39 is 23.8 Å². The number of carbonyl (C=O) groups is 1. The van der Waals surface area contributed by atoms with Crippen LogP contribution in [0.1, 0.15) is 37.5 Å². The minimum absolute atomic E-state index is 0.0985. The molecule has 0 radical (unpaired) electrons. The monoisotopic (exact) mass is 470 g/mol. The Balaban J connectivity index is 1.70. The van der Waals surface area contributed by atoms with Crippen molar-refractivity contribution in [3.8, 4) is 11.1 Å². The Labute approximate surface area is 199 Å². The highest BCUT2D eigenvalue weighted by Gasteiger charge is 2.21.